The van der Waals surface area contributed by atoms with Crippen LogP contribution in [0.5, 0.6) is 0 Å². The number of anilines is 1. The molecule has 0 aliphatic carbocycles. The van der Waals surface area contributed by atoms with E-state index in [1.165, 1.54) is 11.3 Å². The van der Waals surface area contributed by atoms with Crippen molar-refractivity contribution in [2.24, 2.45) is 5.92 Å². The van der Waals surface area contributed by atoms with Crippen LogP contribution in [-0.4, -0.2) is 45.9 Å². The van der Waals surface area contributed by atoms with Crippen LogP contribution in [0, 0.1) is 5.92 Å². The molecule has 0 radical (unpaired) electrons. The minimum absolute atomic E-state index is 0.0407. The Morgan fingerprint density at radius 1 is 1.41 bits per heavy atom. The smallest absolute Gasteiger partial charge is 0.273 e. The third-order valence-corrected chi connectivity index (χ3v) is 4.54. The lowest BCUT2D eigenvalue weighted by molar-refractivity contribution is 0.0667. The molecule has 0 aromatic carbocycles. The summed E-state index contributed by atoms with van der Waals surface area (Å²) >= 11 is 1.46. The summed E-state index contributed by atoms with van der Waals surface area (Å²) in [5.74, 6) is 1.28. The summed E-state index contributed by atoms with van der Waals surface area (Å²) in [6.07, 6.45) is 6.38. The van der Waals surface area contributed by atoms with E-state index in [0.717, 1.165) is 43.9 Å². The highest BCUT2D eigenvalue weighted by atomic mass is 32.1. The normalized spacial score (nSPS) is 18.2. The summed E-state index contributed by atoms with van der Waals surface area (Å²) in [5, 5.41) is 4.89. The lowest BCUT2D eigenvalue weighted by Gasteiger charge is -2.32. The molecule has 0 bridgehead atoms. The second-order valence-electron chi connectivity index (χ2n) is 5.44. The summed E-state index contributed by atoms with van der Waals surface area (Å²) in [5.41, 5.74) is 3.23. The molecule has 3 heterocycles. The molecular weight excluding hydrogens is 298 g/mol. The minimum atomic E-state index is 0.0407. The second kappa shape index (κ2) is 6.83. The maximum absolute atomic E-state index is 12.4. The van der Waals surface area contributed by atoms with Crippen LogP contribution in [0.4, 0.5) is 5.82 Å². The molecule has 22 heavy (non-hydrogen) atoms. The van der Waals surface area contributed by atoms with E-state index < -0.39 is 0 Å². The van der Waals surface area contributed by atoms with Gasteiger partial charge in [0.05, 0.1) is 11.2 Å². The molecule has 2 aromatic heterocycles. The summed E-state index contributed by atoms with van der Waals surface area (Å²) in [7, 11) is 1.85. The van der Waals surface area contributed by atoms with E-state index in [2.05, 4.69) is 20.3 Å². The number of rotatable bonds is 4. The van der Waals surface area contributed by atoms with Crippen molar-refractivity contribution < 1.29 is 4.79 Å². The first-order valence-electron chi connectivity index (χ1n) is 7.43. The van der Waals surface area contributed by atoms with Gasteiger partial charge in [0.2, 0.25) is 0 Å². The van der Waals surface area contributed by atoms with E-state index in [1.54, 1.807) is 17.9 Å². The van der Waals surface area contributed by atoms with Crippen molar-refractivity contribution in [1.29, 1.82) is 0 Å². The first kappa shape index (κ1) is 14.9. The van der Waals surface area contributed by atoms with Crippen LogP contribution < -0.4 is 5.32 Å². The van der Waals surface area contributed by atoms with Gasteiger partial charge in [-0.1, -0.05) is 0 Å². The van der Waals surface area contributed by atoms with Gasteiger partial charge >= 0.3 is 0 Å². The predicted octanol–water partition coefficient (Wildman–Crippen LogP) is 2.07. The summed E-state index contributed by atoms with van der Waals surface area (Å²) in [6, 6.07) is 0. The average molecular weight is 317 g/mol. The van der Waals surface area contributed by atoms with Crippen LogP contribution >= 0.6 is 11.3 Å². The van der Waals surface area contributed by atoms with Gasteiger partial charge in [-0.2, -0.15) is 0 Å². The highest BCUT2D eigenvalue weighted by Gasteiger charge is 2.26. The molecule has 1 saturated heterocycles. The largest absolute Gasteiger partial charge is 0.372 e. The topological polar surface area (TPSA) is 71.0 Å². The lowest BCUT2D eigenvalue weighted by Crippen LogP contribution is -2.40. The molecule has 2 aromatic rings. The fraction of sp³-hybridized carbons (Fsp3) is 0.467. The Kier molecular flexibility index (Phi) is 4.62. The van der Waals surface area contributed by atoms with E-state index in [0.29, 0.717) is 11.6 Å². The molecule has 6 nitrogen and oxygen atoms in total. The van der Waals surface area contributed by atoms with Crippen LogP contribution in [-0.2, 0) is 6.42 Å². The van der Waals surface area contributed by atoms with Crippen LogP contribution in [0.2, 0.25) is 0 Å². The first-order valence-corrected chi connectivity index (χ1v) is 8.37. The predicted molar refractivity (Wildman–Crippen MR) is 86.0 cm³/mol. The van der Waals surface area contributed by atoms with Crippen molar-refractivity contribution >= 4 is 23.1 Å². The number of amides is 1. The number of nitrogens with one attached hydrogen (secondary N) is 1. The number of hydrogen-bond donors (Lipinski definition) is 1. The minimum Gasteiger partial charge on any atom is -0.372 e. The SMILES string of the molecule is CNc1nccnc1CC1CCCN(C(=O)c2cscn2)C1. The third-order valence-electron chi connectivity index (χ3n) is 3.95. The maximum atomic E-state index is 12.4. The van der Waals surface area contributed by atoms with Crippen molar-refractivity contribution in [2.75, 3.05) is 25.5 Å². The molecule has 1 fully saturated rings. The summed E-state index contributed by atoms with van der Waals surface area (Å²) in [6.45, 7) is 1.57. The van der Waals surface area contributed by atoms with Crippen LogP contribution in [0.3, 0.4) is 0 Å². The van der Waals surface area contributed by atoms with E-state index in [9.17, 15) is 4.79 Å². The van der Waals surface area contributed by atoms with Gasteiger partial charge in [-0.25, -0.2) is 9.97 Å². The molecule has 0 saturated carbocycles. The molecule has 1 aliphatic rings. The zero-order chi connectivity index (χ0) is 15.4. The van der Waals surface area contributed by atoms with E-state index >= 15 is 0 Å². The average Bonchev–Trinajstić information content (AvgIpc) is 3.09. The van der Waals surface area contributed by atoms with E-state index in [4.69, 9.17) is 0 Å². The van der Waals surface area contributed by atoms with Gasteiger partial charge in [-0.15, -0.1) is 11.3 Å². The van der Waals surface area contributed by atoms with E-state index in [1.807, 2.05) is 17.3 Å². The highest BCUT2D eigenvalue weighted by Crippen LogP contribution is 2.23. The monoisotopic (exact) mass is 317 g/mol. The first-order chi connectivity index (χ1) is 10.8. The van der Waals surface area contributed by atoms with E-state index in [-0.39, 0.29) is 5.91 Å². The van der Waals surface area contributed by atoms with Crippen LogP contribution in [0.1, 0.15) is 29.0 Å². The molecule has 1 aliphatic heterocycles. The Morgan fingerprint density at radius 3 is 3.05 bits per heavy atom. The molecule has 116 valence electrons. The van der Waals surface area contributed by atoms with Gasteiger partial charge in [-0.3, -0.25) is 9.78 Å². The zero-order valence-electron chi connectivity index (χ0n) is 12.5. The lowest BCUT2D eigenvalue weighted by atomic mass is 9.93. The molecular formula is C15H19N5OS. The summed E-state index contributed by atoms with van der Waals surface area (Å²) in [4.78, 5) is 27.2. The fourth-order valence-electron chi connectivity index (χ4n) is 2.89. The number of nitrogens with zero attached hydrogens (tertiary/aromatic N) is 4. The van der Waals surface area contributed by atoms with Crippen molar-refractivity contribution in [1.82, 2.24) is 19.9 Å². The maximum Gasteiger partial charge on any atom is 0.273 e. The second-order valence-corrected chi connectivity index (χ2v) is 6.16. The summed E-state index contributed by atoms with van der Waals surface area (Å²) < 4.78 is 0. The fourth-order valence-corrected chi connectivity index (χ4v) is 3.42. The Labute approximate surface area is 133 Å². The van der Waals surface area contributed by atoms with Gasteiger partial charge in [0, 0.05) is 37.9 Å². The Bertz CT molecular complexity index is 631. The number of hydrogen-bond acceptors (Lipinski definition) is 6. The zero-order valence-corrected chi connectivity index (χ0v) is 13.3. The Hall–Kier alpha value is -2.02. The molecule has 1 unspecified atom stereocenters. The van der Waals surface area contributed by atoms with Gasteiger partial charge in [0.1, 0.15) is 11.5 Å². The standard InChI is InChI=1S/C15H19N5OS/c1-16-14-12(17-4-5-18-14)7-11-3-2-6-20(8-11)15(21)13-9-22-10-19-13/h4-5,9-11H,2-3,6-8H2,1H3,(H,16,18). The van der Waals surface area contributed by atoms with Crippen molar-refractivity contribution in [2.45, 2.75) is 19.3 Å². The van der Waals surface area contributed by atoms with Crippen LogP contribution in [0.25, 0.3) is 0 Å². The van der Waals surface area contributed by atoms with Gasteiger partial charge in [-0.05, 0) is 25.2 Å². The third kappa shape index (κ3) is 3.24. The Morgan fingerprint density at radius 2 is 2.27 bits per heavy atom. The molecule has 1 atom stereocenters. The van der Waals surface area contributed by atoms with Gasteiger partial charge in [0.15, 0.2) is 0 Å². The number of thiazole rings is 1. The van der Waals surface area contributed by atoms with Crippen molar-refractivity contribution in [3.8, 4) is 0 Å². The number of aromatic nitrogens is 3. The Balaban J connectivity index is 1.67. The molecule has 1 N–H and O–H groups in total. The number of piperidine rings is 1. The molecule has 7 heteroatoms. The number of likely N-dealkylation sites (tertiary alicyclic amines) is 1. The number of carbonyl (C=O) groups excluding carboxylic acids is 1. The van der Waals surface area contributed by atoms with Crippen LogP contribution in [0.15, 0.2) is 23.3 Å². The quantitative estimate of drug-likeness (QED) is 0.935. The van der Waals surface area contributed by atoms with Gasteiger partial charge in [0.25, 0.3) is 5.91 Å². The molecule has 3 rings (SSSR count). The van der Waals surface area contributed by atoms with Gasteiger partial charge < -0.3 is 10.2 Å². The molecule has 1 amide bonds. The number of carbonyl (C=O) groups is 1. The van der Waals surface area contributed by atoms with Crippen molar-refractivity contribution in [3.63, 3.8) is 0 Å². The molecule has 0 spiro atoms. The van der Waals surface area contributed by atoms with Crippen molar-refractivity contribution in [3.05, 3.63) is 34.7 Å². The highest BCUT2D eigenvalue weighted by molar-refractivity contribution is 7.07.